The molecule has 0 bridgehead atoms. The van der Waals surface area contributed by atoms with E-state index in [1.807, 2.05) is 6.92 Å². The van der Waals surface area contributed by atoms with Gasteiger partial charge in [0.15, 0.2) is 5.78 Å². The summed E-state index contributed by atoms with van der Waals surface area (Å²) < 4.78 is 10.4. The van der Waals surface area contributed by atoms with Gasteiger partial charge in [0.25, 0.3) is 0 Å². The average Bonchev–Trinajstić information content (AvgIpc) is 3.10. The molecule has 1 aromatic rings. The van der Waals surface area contributed by atoms with Gasteiger partial charge in [-0.3, -0.25) is 9.59 Å². The Kier molecular flexibility index (Phi) is 4.71. The van der Waals surface area contributed by atoms with Gasteiger partial charge >= 0.3 is 11.9 Å². The van der Waals surface area contributed by atoms with Crippen LogP contribution in [-0.4, -0.2) is 35.9 Å². The predicted octanol–water partition coefficient (Wildman–Crippen LogP) is 2.83. The fourth-order valence-electron chi connectivity index (χ4n) is 4.15. The van der Waals surface area contributed by atoms with Crippen molar-refractivity contribution in [1.29, 1.82) is 0 Å². The van der Waals surface area contributed by atoms with Crippen LogP contribution in [0.15, 0.2) is 0 Å². The number of carbonyl (C=O) groups excluding carboxylic acids is 3. The number of aromatic nitrogens is 1. The summed E-state index contributed by atoms with van der Waals surface area (Å²) in [6.07, 6.45) is 3.47. The van der Waals surface area contributed by atoms with Crippen LogP contribution in [0.2, 0.25) is 0 Å². The second-order valence-corrected chi connectivity index (χ2v) is 7.38. The smallest absolute Gasteiger partial charge is 0.355 e. The summed E-state index contributed by atoms with van der Waals surface area (Å²) in [5.41, 5.74) is 2.05. The molecule has 2 aliphatic rings. The van der Waals surface area contributed by atoms with Crippen molar-refractivity contribution in [2.24, 2.45) is 17.8 Å². The van der Waals surface area contributed by atoms with E-state index >= 15 is 0 Å². The van der Waals surface area contributed by atoms with Crippen LogP contribution >= 0.6 is 0 Å². The van der Waals surface area contributed by atoms with Gasteiger partial charge in [0.1, 0.15) is 17.7 Å². The molecule has 3 rings (SSSR count). The largest absolute Gasteiger partial charge is 0.468 e. The van der Waals surface area contributed by atoms with E-state index in [9.17, 15) is 14.4 Å². The van der Waals surface area contributed by atoms with Crippen LogP contribution in [0, 0.1) is 24.7 Å². The molecule has 4 atom stereocenters. The molecule has 0 aliphatic heterocycles. The zero-order valence-corrected chi connectivity index (χ0v) is 15.2. The number of carbonyl (C=O) groups is 3. The van der Waals surface area contributed by atoms with Crippen molar-refractivity contribution < 1.29 is 23.9 Å². The lowest BCUT2D eigenvalue weighted by atomic mass is 9.77. The normalized spacial score (nSPS) is 28.6. The Morgan fingerprint density at radius 3 is 2.48 bits per heavy atom. The third kappa shape index (κ3) is 2.98. The number of H-pyrrole nitrogens is 1. The molecule has 0 amide bonds. The highest BCUT2D eigenvalue weighted by molar-refractivity contribution is 6.12. The van der Waals surface area contributed by atoms with Gasteiger partial charge in [-0.1, -0.05) is 13.8 Å². The van der Waals surface area contributed by atoms with Crippen molar-refractivity contribution >= 4 is 17.7 Å². The Hall–Kier alpha value is -2.11. The van der Waals surface area contributed by atoms with Crippen molar-refractivity contribution in [2.45, 2.75) is 52.6 Å². The highest BCUT2D eigenvalue weighted by Gasteiger charge is 2.42. The number of hydrogen-bond acceptors (Lipinski definition) is 5. The Labute approximate surface area is 147 Å². The first-order valence-corrected chi connectivity index (χ1v) is 8.89. The lowest BCUT2D eigenvalue weighted by Gasteiger charge is -2.25. The average molecular weight is 347 g/mol. The molecule has 1 aromatic heterocycles. The fraction of sp³-hybridized carbons (Fsp3) is 0.632. The van der Waals surface area contributed by atoms with Crippen molar-refractivity contribution in [1.82, 2.24) is 4.98 Å². The Balaban J connectivity index is 1.88. The number of esters is 2. The van der Waals surface area contributed by atoms with Gasteiger partial charge in [-0.2, -0.15) is 0 Å². The molecular weight excluding hydrogens is 322 g/mol. The molecule has 1 saturated carbocycles. The first kappa shape index (κ1) is 17.7. The number of aromatic amines is 1. The number of ether oxygens (including phenoxy) is 2. The van der Waals surface area contributed by atoms with Crippen LogP contribution in [0.1, 0.15) is 65.2 Å². The van der Waals surface area contributed by atoms with E-state index in [0.29, 0.717) is 34.9 Å². The summed E-state index contributed by atoms with van der Waals surface area (Å²) in [4.78, 5) is 40.4. The SMILES string of the molecule is COC(=O)[C@@H]1C(=O)c2c([nH]c(C(=O)O[C@@H]3CCC[C@H]3C)c2C)C[C@H]1C. The van der Waals surface area contributed by atoms with Gasteiger partial charge in [-0.25, -0.2) is 4.79 Å². The molecule has 1 heterocycles. The first-order chi connectivity index (χ1) is 11.8. The van der Waals surface area contributed by atoms with Crippen molar-refractivity contribution in [3.05, 3.63) is 22.5 Å². The Bertz CT molecular complexity index is 720. The maximum Gasteiger partial charge on any atom is 0.355 e. The minimum absolute atomic E-state index is 0.0651. The standard InChI is InChI=1S/C19H25NO5/c1-9-6-5-7-13(9)25-19(23)16-11(3)15-12(20-16)8-10(2)14(17(15)21)18(22)24-4/h9-10,13-14,20H,5-8H2,1-4H3/t9-,10-,13-,14+/m1/s1. The number of rotatable bonds is 3. The molecule has 0 spiro atoms. The van der Waals surface area contributed by atoms with Crippen LogP contribution in [-0.2, 0) is 20.7 Å². The van der Waals surface area contributed by atoms with Gasteiger partial charge in [-0.05, 0) is 50.0 Å². The highest BCUT2D eigenvalue weighted by Crippen LogP contribution is 2.35. The third-order valence-corrected chi connectivity index (χ3v) is 5.65. The van der Waals surface area contributed by atoms with E-state index in [1.165, 1.54) is 7.11 Å². The van der Waals surface area contributed by atoms with Crippen LogP contribution in [0.5, 0.6) is 0 Å². The quantitative estimate of drug-likeness (QED) is 0.671. The number of methoxy groups -OCH3 is 1. The summed E-state index contributed by atoms with van der Waals surface area (Å²) in [7, 11) is 1.29. The zero-order chi connectivity index (χ0) is 18.3. The minimum atomic E-state index is -0.814. The van der Waals surface area contributed by atoms with Gasteiger partial charge in [-0.15, -0.1) is 0 Å². The van der Waals surface area contributed by atoms with E-state index in [-0.39, 0.29) is 17.8 Å². The van der Waals surface area contributed by atoms with Crippen molar-refractivity contribution in [3.63, 3.8) is 0 Å². The second-order valence-electron chi connectivity index (χ2n) is 7.38. The van der Waals surface area contributed by atoms with Crippen LogP contribution < -0.4 is 0 Å². The summed E-state index contributed by atoms with van der Waals surface area (Å²) in [6.45, 7) is 5.66. The number of fused-ring (bicyclic) bond motifs is 1. The molecule has 0 unspecified atom stereocenters. The zero-order valence-electron chi connectivity index (χ0n) is 15.2. The molecule has 6 heteroatoms. The minimum Gasteiger partial charge on any atom is -0.468 e. The van der Waals surface area contributed by atoms with E-state index in [4.69, 9.17) is 9.47 Å². The fourth-order valence-corrected chi connectivity index (χ4v) is 4.15. The molecule has 6 nitrogen and oxygen atoms in total. The molecule has 0 saturated heterocycles. The topological polar surface area (TPSA) is 85.5 Å². The number of hydrogen-bond donors (Lipinski definition) is 1. The molecule has 136 valence electrons. The van der Waals surface area contributed by atoms with Crippen LogP contribution in [0.25, 0.3) is 0 Å². The molecular formula is C19H25NO5. The van der Waals surface area contributed by atoms with E-state index in [2.05, 4.69) is 11.9 Å². The lowest BCUT2D eigenvalue weighted by Crippen LogP contribution is -2.36. The predicted molar refractivity (Wildman–Crippen MR) is 90.5 cm³/mol. The molecule has 0 aromatic carbocycles. The van der Waals surface area contributed by atoms with Gasteiger partial charge in [0, 0.05) is 11.3 Å². The lowest BCUT2D eigenvalue weighted by molar-refractivity contribution is -0.145. The molecule has 1 N–H and O–H groups in total. The van der Waals surface area contributed by atoms with Crippen LogP contribution in [0.4, 0.5) is 0 Å². The van der Waals surface area contributed by atoms with Gasteiger partial charge in [0.05, 0.1) is 7.11 Å². The third-order valence-electron chi connectivity index (χ3n) is 5.65. The monoisotopic (exact) mass is 347 g/mol. The highest BCUT2D eigenvalue weighted by atomic mass is 16.5. The van der Waals surface area contributed by atoms with Gasteiger partial charge < -0.3 is 14.5 Å². The summed E-state index contributed by atoms with van der Waals surface area (Å²) in [5.74, 6) is -1.84. The first-order valence-electron chi connectivity index (χ1n) is 8.89. The van der Waals surface area contributed by atoms with Crippen molar-refractivity contribution in [3.8, 4) is 0 Å². The number of Topliss-reactive ketones (excluding diaryl/α,β-unsaturated/α-hetero) is 1. The summed E-state index contributed by atoms with van der Waals surface area (Å²) in [6, 6.07) is 0. The summed E-state index contributed by atoms with van der Waals surface area (Å²) in [5, 5.41) is 0. The maximum atomic E-state index is 12.8. The van der Waals surface area contributed by atoms with Gasteiger partial charge in [0.2, 0.25) is 0 Å². The van der Waals surface area contributed by atoms with Crippen LogP contribution in [0.3, 0.4) is 0 Å². The van der Waals surface area contributed by atoms with Crippen molar-refractivity contribution in [2.75, 3.05) is 7.11 Å². The molecule has 1 fully saturated rings. The number of nitrogens with one attached hydrogen (secondary N) is 1. The molecule has 2 aliphatic carbocycles. The van der Waals surface area contributed by atoms with E-state index in [0.717, 1.165) is 19.3 Å². The second kappa shape index (κ2) is 6.65. The molecule has 25 heavy (non-hydrogen) atoms. The Morgan fingerprint density at radius 1 is 1.16 bits per heavy atom. The Morgan fingerprint density at radius 2 is 1.88 bits per heavy atom. The molecule has 0 radical (unpaired) electrons. The van der Waals surface area contributed by atoms with E-state index in [1.54, 1.807) is 6.92 Å². The maximum absolute atomic E-state index is 12.8. The number of ketones is 1. The summed E-state index contributed by atoms with van der Waals surface area (Å²) >= 11 is 0. The van der Waals surface area contributed by atoms with E-state index < -0.39 is 17.9 Å².